The van der Waals surface area contributed by atoms with Crippen LogP contribution in [0.4, 0.5) is 0 Å². The fourth-order valence-corrected chi connectivity index (χ4v) is 5.99. The highest BCUT2D eigenvalue weighted by atomic mass is 15.0. The molecule has 5 aromatic carbocycles. The van der Waals surface area contributed by atoms with Gasteiger partial charge in [0.2, 0.25) is 0 Å². The van der Waals surface area contributed by atoms with Crippen molar-refractivity contribution < 1.29 is 0 Å². The SMILES string of the molecule is c1ccc(-c2ccc(-c3ccccc3)c(-c3ccc(-c4nc(-c5ccncc5)nc(-c5ccncc5)n4)cc3-c3ccccc3)c2)cc1. The zero-order chi connectivity index (χ0) is 32.1. The van der Waals surface area contributed by atoms with E-state index < -0.39 is 0 Å². The lowest BCUT2D eigenvalue weighted by atomic mass is 9.86. The lowest BCUT2D eigenvalue weighted by Gasteiger charge is -2.18. The third-order valence-electron chi connectivity index (χ3n) is 8.38. The molecule has 5 nitrogen and oxygen atoms in total. The quantitative estimate of drug-likeness (QED) is 0.178. The molecule has 0 bridgehead atoms. The van der Waals surface area contributed by atoms with Gasteiger partial charge in [0.25, 0.3) is 0 Å². The summed E-state index contributed by atoms with van der Waals surface area (Å²) in [6.07, 6.45) is 7.00. The Labute approximate surface area is 279 Å². The Hall–Kier alpha value is -6.59. The van der Waals surface area contributed by atoms with Crippen LogP contribution < -0.4 is 0 Å². The summed E-state index contributed by atoms with van der Waals surface area (Å²) >= 11 is 0. The topological polar surface area (TPSA) is 64.5 Å². The van der Waals surface area contributed by atoms with Crippen LogP contribution in [0.5, 0.6) is 0 Å². The van der Waals surface area contributed by atoms with E-state index in [-0.39, 0.29) is 0 Å². The lowest BCUT2D eigenvalue weighted by molar-refractivity contribution is 1.07. The van der Waals surface area contributed by atoms with Crippen LogP contribution >= 0.6 is 0 Å². The van der Waals surface area contributed by atoms with Gasteiger partial charge in [0.15, 0.2) is 17.5 Å². The molecule has 0 radical (unpaired) electrons. The molecule has 0 spiro atoms. The standard InChI is InChI=1S/C43H29N5/c1-4-10-30(11-5-1)35-16-18-37(31-12-6-2-7-13-31)40(28-35)38-19-17-36(29-39(38)32-14-8-3-9-15-32)43-47-41(33-20-24-44-25-21-33)46-42(48-43)34-22-26-45-27-23-34/h1-29H. The van der Waals surface area contributed by atoms with Crippen LogP contribution in [0.25, 0.3) is 78.7 Å². The lowest BCUT2D eigenvalue weighted by Crippen LogP contribution is -2.01. The molecule has 0 aliphatic rings. The molecule has 0 fully saturated rings. The zero-order valence-electron chi connectivity index (χ0n) is 26.0. The third-order valence-corrected chi connectivity index (χ3v) is 8.38. The minimum Gasteiger partial charge on any atom is -0.265 e. The molecule has 0 saturated carbocycles. The molecule has 0 unspecified atom stereocenters. The van der Waals surface area contributed by atoms with Gasteiger partial charge in [-0.2, -0.15) is 0 Å². The van der Waals surface area contributed by atoms with E-state index >= 15 is 0 Å². The number of benzene rings is 5. The van der Waals surface area contributed by atoms with Gasteiger partial charge in [0.05, 0.1) is 0 Å². The van der Waals surface area contributed by atoms with E-state index in [4.69, 9.17) is 15.0 Å². The van der Waals surface area contributed by atoms with Crippen molar-refractivity contribution in [3.63, 3.8) is 0 Å². The van der Waals surface area contributed by atoms with Gasteiger partial charge in [-0.3, -0.25) is 9.97 Å². The van der Waals surface area contributed by atoms with E-state index in [9.17, 15) is 0 Å². The molecule has 3 heterocycles. The third kappa shape index (κ3) is 5.88. The van der Waals surface area contributed by atoms with Crippen molar-refractivity contribution >= 4 is 0 Å². The van der Waals surface area contributed by atoms with E-state index in [1.807, 2.05) is 30.3 Å². The normalized spacial score (nSPS) is 10.9. The molecule has 8 aromatic rings. The van der Waals surface area contributed by atoms with Crippen molar-refractivity contribution in [2.75, 3.05) is 0 Å². The van der Waals surface area contributed by atoms with Crippen LogP contribution in [0.1, 0.15) is 0 Å². The van der Waals surface area contributed by atoms with Crippen molar-refractivity contribution in [2.24, 2.45) is 0 Å². The summed E-state index contributed by atoms with van der Waals surface area (Å²) in [4.78, 5) is 23.2. The van der Waals surface area contributed by atoms with Crippen LogP contribution in [0.3, 0.4) is 0 Å². The van der Waals surface area contributed by atoms with Crippen molar-refractivity contribution in [2.45, 2.75) is 0 Å². The fourth-order valence-electron chi connectivity index (χ4n) is 5.99. The summed E-state index contributed by atoms with van der Waals surface area (Å²) in [5.74, 6) is 1.76. The molecular weight excluding hydrogens is 587 g/mol. The van der Waals surface area contributed by atoms with Crippen LogP contribution in [0, 0.1) is 0 Å². The minimum absolute atomic E-state index is 0.585. The average Bonchev–Trinajstić information content (AvgIpc) is 3.19. The highest BCUT2D eigenvalue weighted by Crippen LogP contribution is 2.42. The Morgan fingerprint density at radius 2 is 0.667 bits per heavy atom. The van der Waals surface area contributed by atoms with E-state index in [0.29, 0.717) is 17.5 Å². The molecule has 0 aliphatic heterocycles. The fraction of sp³-hybridized carbons (Fsp3) is 0. The summed E-state index contributed by atoms with van der Waals surface area (Å²) in [7, 11) is 0. The van der Waals surface area contributed by atoms with Crippen LogP contribution in [0.2, 0.25) is 0 Å². The Morgan fingerprint density at radius 1 is 0.250 bits per heavy atom. The summed E-state index contributed by atoms with van der Waals surface area (Å²) < 4.78 is 0. The predicted octanol–water partition coefficient (Wildman–Crippen LogP) is 10.3. The van der Waals surface area contributed by atoms with Gasteiger partial charge in [-0.05, 0) is 80.9 Å². The van der Waals surface area contributed by atoms with Crippen molar-refractivity contribution in [1.82, 2.24) is 24.9 Å². The van der Waals surface area contributed by atoms with Crippen molar-refractivity contribution in [3.8, 4) is 78.7 Å². The maximum Gasteiger partial charge on any atom is 0.164 e. The van der Waals surface area contributed by atoms with E-state index in [0.717, 1.165) is 50.1 Å². The first-order valence-corrected chi connectivity index (χ1v) is 15.8. The van der Waals surface area contributed by atoms with Gasteiger partial charge in [0.1, 0.15) is 0 Å². The number of rotatable bonds is 7. The van der Waals surface area contributed by atoms with Crippen LogP contribution in [-0.2, 0) is 0 Å². The first-order chi connectivity index (χ1) is 23.8. The van der Waals surface area contributed by atoms with Gasteiger partial charge in [-0.1, -0.05) is 115 Å². The maximum absolute atomic E-state index is 4.99. The summed E-state index contributed by atoms with van der Waals surface area (Å²) in [6.45, 7) is 0. The van der Waals surface area contributed by atoms with Crippen LogP contribution in [-0.4, -0.2) is 24.9 Å². The maximum atomic E-state index is 4.99. The Morgan fingerprint density at radius 3 is 1.21 bits per heavy atom. The largest absolute Gasteiger partial charge is 0.265 e. The van der Waals surface area contributed by atoms with Gasteiger partial charge >= 0.3 is 0 Å². The number of pyridine rings is 2. The first-order valence-electron chi connectivity index (χ1n) is 15.8. The Balaban J connectivity index is 1.35. The average molecular weight is 616 g/mol. The second-order valence-corrected chi connectivity index (χ2v) is 11.4. The number of nitrogens with zero attached hydrogens (tertiary/aromatic N) is 5. The number of aromatic nitrogens is 5. The molecular formula is C43H29N5. The highest BCUT2D eigenvalue weighted by molar-refractivity contribution is 5.95. The molecule has 0 N–H and O–H groups in total. The van der Waals surface area contributed by atoms with E-state index in [2.05, 4.69) is 131 Å². The van der Waals surface area contributed by atoms with Gasteiger partial charge < -0.3 is 0 Å². The predicted molar refractivity (Wildman–Crippen MR) is 193 cm³/mol. The van der Waals surface area contributed by atoms with Gasteiger partial charge in [0, 0.05) is 41.5 Å². The number of hydrogen-bond acceptors (Lipinski definition) is 5. The second kappa shape index (κ2) is 13.0. The van der Waals surface area contributed by atoms with Crippen LogP contribution in [0.15, 0.2) is 176 Å². The molecule has 8 rings (SSSR count). The zero-order valence-corrected chi connectivity index (χ0v) is 26.0. The van der Waals surface area contributed by atoms with Gasteiger partial charge in [-0.15, -0.1) is 0 Å². The molecule has 3 aromatic heterocycles. The smallest absolute Gasteiger partial charge is 0.164 e. The first kappa shape index (κ1) is 28.9. The molecule has 0 amide bonds. The summed E-state index contributed by atoms with van der Waals surface area (Å²) in [5, 5.41) is 0. The molecule has 226 valence electrons. The van der Waals surface area contributed by atoms with Crippen molar-refractivity contribution in [3.05, 3.63) is 176 Å². The Kier molecular flexibility index (Phi) is 7.83. The van der Waals surface area contributed by atoms with E-state index in [1.165, 1.54) is 11.1 Å². The number of hydrogen-bond donors (Lipinski definition) is 0. The molecule has 0 saturated heterocycles. The Bertz CT molecular complexity index is 2250. The second-order valence-electron chi connectivity index (χ2n) is 11.4. The minimum atomic E-state index is 0.585. The molecule has 48 heavy (non-hydrogen) atoms. The molecule has 0 aliphatic carbocycles. The molecule has 0 atom stereocenters. The highest BCUT2D eigenvalue weighted by Gasteiger charge is 2.18. The summed E-state index contributed by atoms with van der Waals surface area (Å²) in [6, 6.07) is 52.6. The van der Waals surface area contributed by atoms with E-state index in [1.54, 1.807) is 24.8 Å². The summed E-state index contributed by atoms with van der Waals surface area (Å²) in [5.41, 5.74) is 11.8. The monoisotopic (exact) mass is 615 g/mol. The van der Waals surface area contributed by atoms with Crippen molar-refractivity contribution in [1.29, 1.82) is 0 Å². The van der Waals surface area contributed by atoms with Gasteiger partial charge in [-0.25, -0.2) is 15.0 Å². The molecule has 5 heteroatoms.